The molecule has 6 rings (SSSR count). The standard InChI is InChI=1S/C33H27N3O4S2/c1-19-8-4-7-11-25(19)34-32(39)24-18-28(22-9-5-6-10-23(22)31(24)38)42-33(40)36-26-14-12-20(35(2)3)16-29(26)41-30-17-21(37)13-15-27(30)36/h4-18,37-38H,1-3H3,(H,34,39). The van der Waals surface area contributed by atoms with Gasteiger partial charge >= 0.3 is 0 Å². The quantitative estimate of drug-likeness (QED) is 0.180. The lowest BCUT2D eigenvalue weighted by Gasteiger charge is -2.31. The average molecular weight is 594 g/mol. The van der Waals surface area contributed by atoms with Gasteiger partial charge in [0.1, 0.15) is 11.5 Å². The number of nitrogens with one attached hydrogen (secondary N) is 1. The number of rotatable bonds is 4. The van der Waals surface area contributed by atoms with E-state index in [1.54, 1.807) is 47.4 Å². The molecule has 0 atom stereocenters. The topological polar surface area (TPSA) is 93.1 Å². The third kappa shape index (κ3) is 5.01. The summed E-state index contributed by atoms with van der Waals surface area (Å²) in [5.74, 6) is -0.508. The van der Waals surface area contributed by atoms with Crippen LogP contribution in [0.1, 0.15) is 15.9 Å². The van der Waals surface area contributed by atoms with Gasteiger partial charge in [-0.2, -0.15) is 0 Å². The number of hydrogen-bond acceptors (Lipinski definition) is 7. The van der Waals surface area contributed by atoms with Crippen LogP contribution in [0.15, 0.2) is 106 Å². The third-order valence-electron chi connectivity index (χ3n) is 7.10. The molecule has 1 heterocycles. The lowest BCUT2D eigenvalue weighted by molar-refractivity contribution is 0.102. The van der Waals surface area contributed by atoms with Gasteiger partial charge in [-0.1, -0.05) is 54.2 Å². The van der Waals surface area contributed by atoms with E-state index < -0.39 is 5.91 Å². The molecule has 0 aromatic heterocycles. The summed E-state index contributed by atoms with van der Waals surface area (Å²) in [4.78, 5) is 33.4. The van der Waals surface area contributed by atoms with Crippen molar-refractivity contribution in [2.75, 3.05) is 29.2 Å². The monoisotopic (exact) mass is 593 g/mol. The molecule has 0 fully saturated rings. The highest BCUT2D eigenvalue weighted by atomic mass is 32.2. The molecule has 3 N–H and O–H groups in total. The number of phenols is 2. The Morgan fingerprint density at radius 3 is 2.24 bits per heavy atom. The molecule has 0 bridgehead atoms. The lowest BCUT2D eigenvalue weighted by Crippen LogP contribution is -2.25. The van der Waals surface area contributed by atoms with Gasteiger partial charge in [0.05, 0.1) is 16.9 Å². The molecule has 210 valence electrons. The molecule has 0 radical (unpaired) electrons. The molecule has 5 aromatic carbocycles. The van der Waals surface area contributed by atoms with Crippen molar-refractivity contribution in [3.05, 3.63) is 102 Å². The number of thioether (sulfide) groups is 1. The van der Waals surface area contributed by atoms with Gasteiger partial charge < -0.3 is 20.4 Å². The molecule has 0 unspecified atom stereocenters. The van der Waals surface area contributed by atoms with Crippen molar-refractivity contribution >= 4 is 68.2 Å². The lowest BCUT2D eigenvalue weighted by atomic mass is 10.0. The molecule has 7 nitrogen and oxygen atoms in total. The molecule has 1 aliphatic heterocycles. The van der Waals surface area contributed by atoms with E-state index in [4.69, 9.17) is 0 Å². The van der Waals surface area contributed by atoms with Crippen molar-refractivity contribution in [1.82, 2.24) is 0 Å². The number of nitrogens with zero attached hydrogens (tertiary/aromatic N) is 2. The van der Waals surface area contributed by atoms with E-state index in [9.17, 15) is 19.8 Å². The van der Waals surface area contributed by atoms with E-state index >= 15 is 0 Å². The molecule has 5 aromatic rings. The number of amides is 2. The van der Waals surface area contributed by atoms with Crippen LogP contribution in [-0.2, 0) is 0 Å². The Labute approximate surface area is 251 Å². The number of para-hydroxylation sites is 1. The fraction of sp³-hybridized carbons (Fsp3) is 0.0909. The van der Waals surface area contributed by atoms with Crippen molar-refractivity contribution in [2.45, 2.75) is 21.6 Å². The number of fused-ring (bicyclic) bond motifs is 3. The number of carbonyl (C=O) groups is 2. The van der Waals surface area contributed by atoms with E-state index in [0.29, 0.717) is 27.0 Å². The second-order valence-corrected chi connectivity index (χ2v) is 12.2. The fourth-order valence-corrected chi connectivity index (χ4v) is 6.95. The van der Waals surface area contributed by atoms with Crippen molar-refractivity contribution < 1.29 is 19.8 Å². The van der Waals surface area contributed by atoms with Crippen LogP contribution in [0, 0.1) is 6.92 Å². The van der Waals surface area contributed by atoms with E-state index in [1.807, 2.05) is 74.4 Å². The Kier molecular flexibility index (Phi) is 7.22. The summed E-state index contributed by atoms with van der Waals surface area (Å²) in [6.07, 6.45) is 0. The minimum atomic E-state index is -0.474. The third-order valence-corrected chi connectivity index (χ3v) is 9.11. The number of benzene rings is 5. The van der Waals surface area contributed by atoms with E-state index in [0.717, 1.165) is 38.5 Å². The second-order valence-electron chi connectivity index (χ2n) is 10.1. The average Bonchev–Trinajstić information content (AvgIpc) is 2.98. The number of aryl methyl sites for hydroxylation is 1. The molecule has 0 aliphatic carbocycles. The normalized spacial score (nSPS) is 12.0. The van der Waals surface area contributed by atoms with Crippen LogP contribution in [0.4, 0.5) is 27.5 Å². The molecule has 0 spiro atoms. The molecular weight excluding hydrogens is 567 g/mol. The van der Waals surface area contributed by atoms with Gasteiger partial charge in [-0.05, 0) is 78.2 Å². The van der Waals surface area contributed by atoms with Crippen LogP contribution in [0.3, 0.4) is 0 Å². The fourth-order valence-electron chi connectivity index (χ4n) is 4.89. The maximum absolute atomic E-state index is 14.2. The summed E-state index contributed by atoms with van der Waals surface area (Å²) in [5.41, 5.74) is 3.96. The molecule has 0 saturated heterocycles. The Morgan fingerprint density at radius 2 is 1.50 bits per heavy atom. The van der Waals surface area contributed by atoms with Gasteiger partial charge in [-0.3, -0.25) is 14.5 Å². The first kappa shape index (κ1) is 27.6. The first-order valence-corrected chi connectivity index (χ1v) is 14.8. The van der Waals surface area contributed by atoms with Crippen molar-refractivity contribution in [1.29, 1.82) is 0 Å². The van der Waals surface area contributed by atoms with E-state index in [1.165, 1.54) is 11.8 Å². The van der Waals surface area contributed by atoms with Crippen molar-refractivity contribution in [2.24, 2.45) is 0 Å². The molecule has 1 aliphatic rings. The smallest absolute Gasteiger partial charge is 0.295 e. The van der Waals surface area contributed by atoms with Crippen LogP contribution in [0.25, 0.3) is 10.8 Å². The zero-order valence-corrected chi connectivity index (χ0v) is 24.7. The summed E-state index contributed by atoms with van der Waals surface area (Å²) in [5, 5.41) is 25.1. The molecular formula is C33H27N3O4S2. The van der Waals surface area contributed by atoms with Gasteiger partial charge in [0.2, 0.25) is 0 Å². The number of anilines is 4. The van der Waals surface area contributed by atoms with Crippen LogP contribution in [0.2, 0.25) is 0 Å². The summed E-state index contributed by atoms with van der Waals surface area (Å²) >= 11 is 2.48. The Morgan fingerprint density at radius 1 is 0.833 bits per heavy atom. The Bertz CT molecular complexity index is 1890. The minimum Gasteiger partial charge on any atom is -0.508 e. The first-order valence-electron chi connectivity index (χ1n) is 13.2. The summed E-state index contributed by atoms with van der Waals surface area (Å²) in [7, 11) is 3.91. The van der Waals surface area contributed by atoms with Gasteiger partial charge in [-0.15, -0.1) is 0 Å². The van der Waals surface area contributed by atoms with Gasteiger partial charge in [-0.25, -0.2) is 0 Å². The summed E-state index contributed by atoms with van der Waals surface area (Å²) < 4.78 is 0. The summed E-state index contributed by atoms with van der Waals surface area (Å²) in [6, 6.07) is 27.0. The zero-order chi connectivity index (χ0) is 29.5. The van der Waals surface area contributed by atoms with E-state index in [-0.39, 0.29) is 22.3 Å². The predicted octanol–water partition coefficient (Wildman–Crippen LogP) is 8.39. The maximum atomic E-state index is 14.2. The van der Waals surface area contributed by atoms with Crippen LogP contribution in [0.5, 0.6) is 11.5 Å². The highest BCUT2D eigenvalue weighted by molar-refractivity contribution is 8.14. The Balaban J connectivity index is 1.43. The van der Waals surface area contributed by atoms with Crippen molar-refractivity contribution in [3.63, 3.8) is 0 Å². The number of hydrogen-bond donors (Lipinski definition) is 3. The SMILES string of the molecule is Cc1ccccc1NC(=O)c1cc(SC(=O)N2c3ccc(O)cc3Sc3cc(N(C)C)ccc32)c2ccccc2c1O. The van der Waals surface area contributed by atoms with E-state index in [2.05, 4.69) is 5.32 Å². The largest absolute Gasteiger partial charge is 0.508 e. The summed E-state index contributed by atoms with van der Waals surface area (Å²) in [6.45, 7) is 1.89. The minimum absolute atomic E-state index is 0.0720. The molecule has 2 amide bonds. The van der Waals surface area contributed by atoms with Crippen LogP contribution in [-0.4, -0.2) is 35.5 Å². The molecule has 42 heavy (non-hydrogen) atoms. The van der Waals surface area contributed by atoms with Crippen LogP contribution < -0.4 is 15.1 Å². The van der Waals surface area contributed by atoms with Crippen LogP contribution >= 0.6 is 23.5 Å². The number of aromatic hydroxyl groups is 2. The highest BCUT2D eigenvalue weighted by Gasteiger charge is 2.31. The Hall–Kier alpha value is -4.60. The first-order chi connectivity index (χ1) is 20.2. The van der Waals surface area contributed by atoms with Gasteiger partial charge in [0.15, 0.2) is 0 Å². The zero-order valence-electron chi connectivity index (χ0n) is 23.1. The van der Waals surface area contributed by atoms with Gasteiger partial charge in [0.25, 0.3) is 11.1 Å². The predicted molar refractivity (Wildman–Crippen MR) is 171 cm³/mol. The number of phenolic OH excluding ortho intramolecular Hbond substituents is 2. The van der Waals surface area contributed by atoms with Gasteiger partial charge in [0, 0.05) is 45.5 Å². The highest BCUT2D eigenvalue weighted by Crippen LogP contribution is 2.51. The maximum Gasteiger partial charge on any atom is 0.295 e. The van der Waals surface area contributed by atoms with Crippen molar-refractivity contribution in [3.8, 4) is 11.5 Å². The second kappa shape index (κ2) is 11.0. The molecule has 9 heteroatoms. The number of carbonyl (C=O) groups excluding carboxylic acids is 2. The molecule has 0 saturated carbocycles.